The van der Waals surface area contributed by atoms with Gasteiger partial charge in [-0.2, -0.15) is 0 Å². The van der Waals surface area contributed by atoms with Gasteiger partial charge in [-0.15, -0.1) is 0 Å². The van der Waals surface area contributed by atoms with E-state index in [4.69, 9.17) is 4.74 Å². The van der Waals surface area contributed by atoms with Crippen molar-refractivity contribution in [2.45, 2.75) is 37.9 Å². The third-order valence-electron chi connectivity index (χ3n) is 5.27. The highest BCUT2D eigenvalue weighted by Crippen LogP contribution is 2.23. The highest BCUT2D eigenvalue weighted by Gasteiger charge is 2.31. The fourth-order valence-corrected chi connectivity index (χ4v) is 3.98. The molecule has 124 valence electrons. The first-order valence-corrected chi connectivity index (χ1v) is 8.75. The minimum Gasteiger partial charge on any atom is -0.492 e. The number of carbonyl (C=O) groups excluding carboxylic acids is 1. The highest BCUT2D eigenvalue weighted by atomic mass is 16.5. The van der Waals surface area contributed by atoms with E-state index in [1.165, 1.54) is 18.4 Å². The second-order valence-corrected chi connectivity index (χ2v) is 6.93. The van der Waals surface area contributed by atoms with E-state index in [1.54, 1.807) is 0 Å². The van der Waals surface area contributed by atoms with E-state index in [2.05, 4.69) is 21.2 Å². The zero-order valence-corrected chi connectivity index (χ0v) is 13.5. The third kappa shape index (κ3) is 3.35. The number of hydrogen-bond donors (Lipinski definition) is 1. The van der Waals surface area contributed by atoms with Crippen molar-refractivity contribution in [3.8, 4) is 5.75 Å². The van der Waals surface area contributed by atoms with Crippen molar-refractivity contribution in [2.24, 2.45) is 0 Å². The number of carbonyl (C=O) groups is 1. The van der Waals surface area contributed by atoms with E-state index < -0.39 is 0 Å². The first-order valence-electron chi connectivity index (χ1n) is 8.75. The molecule has 2 fully saturated rings. The second kappa shape index (κ2) is 6.49. The summed E-state index contributed by atoms with van der Waals surface area (Å²) in [6.45, 7) is 4.51. The van der Waals surface area contributed by atoms with Crippen molar-refractivity contribution in [3.63, 3.8) is 0 Å². The van der Waals surface area contributed by atoms with Crippen molar-refractivity contribution < 1.29 is 9.53 Å². The van der Waals surface area contributed by atoms with Crippen LogP contribution in [0, 0.1) is 0 Å². The van der Waals surface area contributed by atoms with Gasteiger partial charge >= 0.3 is 0 Å². The summed E-state index contributed by atoms with van der Waals surface area (Å²) in [6.07, 6.45) is 3.57. The van der Waals surface area contributed by atoms with E-state index in [0.717, 1.165) is 38.3 Å². The first-order chi connectivity index (χ1) is 11.3. The molecule has 5 heteroatoms. The van der Waals surface area contributed by atoms with Gasteiger partial charge < -0.3 is 15.0 Å². The number of nitrogens with one attached hydrogen (secondary N) is 1. The van der Waals surface area contributed by atoms with Gasteiger partial charge in [-0.1, -0.05) is 18.2 Å². The molecule has 0 radical (unpaired) electrons. The molecule has 0 aromatic heterocycles. The maximum absolute atomic E-state index is 12.7. The van der Waals surface area contributed by atoms with Crippen LogP contribution in [0.5, 0.6) is 5.75 Å². The predicted octanol–water partition coefficient (Wildman–Crippen LogP) is 1.23. The number of benzene rings is 1. The summed E-state index contributed by atoms with van der Waals surface area (Å²) in [4.78, 5) is 17.0. The third-order valence-corrected chi connectivity index (χ3v) is 5.27. The monoisotopic (exact) mass is 315 g/mol. The quantitative estimate of drug-likeness (QED) is 0.892. The summed E-state index contributed by atoms with van der Waals surface area (Å²) < 4.78 is 5.79. The normalized spacial score (nSPS) is 27.7. The maximum Gasteiger partial charge on any atom is 0.236 e. The molecule has 1 amide bonds. The predicted molar refractivity (Wildman–Crippen MR) is 88.4 cm³/mol. The molecular formula is C18H25N3O2. The molecule has 1 aromatic rings. The van der Waals surface area contributed by atoms with Crippen LogP contribution >= 0.6 is 0 Å². The van der Waals surface area contributed by atoms with E-state index in [1.807, 2.05) is 18.2 Å². The van der Waals surface area contributed by atoms with Crippen LogP contribution < -0.4 is 10.1 Å². The van der Waals surface area contributed by atoms with Gasteiger partial charge in [-0.25, -0.2) is 0 Å². The molecule has 1 aromatic carbocycles. The van der Waals surface area contributed by atoms with Crippen molar-refractivity contribution in [1.29, 1.82) is 0 Å². The van der Waals surface area contributed by atoms with E-state index in [9.17, 15) is 4.79 Å². The Balaban J connectivity index is 1.38. The van der Waals surface area contributed by atoms with Crippen LogP contribution in [0.25, 0.3) is 0 Å². The molecule has 5 nitrogen and oxygen atoms in total. The molecule has 3 aliphatic heterocycles. The molecule has 1 N–H and O–H groups in total. The van der Waals surface area contributed by atoms with Crippen molar-refractivity contribution in [2.75, 3.05) is 32.8 Å². The second-order valence-electron chi connectivity index (χ2n) is 6.93. The lowest BCUT2D eigenvalue weighted by molar-refractivity contribution is -0.132. The zero-order chi connectivity index (χ0) is 15.6. The van der Waals surface area contributed by atoms with Gasteiger partial charge in [0.15, 0.2) is 0 Å². The summed E-state index contributed by atoms with van der Waals surface area (Å²) in [5.41, 5.74) is 1.18. The Morgan fingerprint density at radius 1 is 1.17 bits per heavy atom. The maximum atomic E-state index is 12.7. The van der Waals surface area contributed by atoms with Crippen LogP contribution in [-0.2, 0) is 11.3 Å². The fraction of sp³-hybridized carbons (Fsp3) is 0.611. The lowest BCUT2D eigenvalue weighted by Gasteiger charge is -2.27. The van der Waals surface area contributed by atoms with Gasteiger partial charge in [0, 0.05) is 43.8 Å². The number of fused-ring (bicyclic) bond motifs is 3. The molecule has 2 saturated heterocycles. The van der Waals surface area contributed by atoms with Crippen LogP contribution in [0.1, 0.15) is 24.8 Å². The minimum absolute atomic E-state index is 0.263. The molecule has 23 heavy (non-hydrogen) atoms. The first kappa shape index (κ1) is 15.0. The SMILES string of the molecule is O=C(CN1CCOc2ccccc2C1)N1CC[C@H]2CC[C@@H](C1)N2. The number of para-hydroxylation sites is 1. The lowest BCUT2D eigenvalue weighted by atomic mass is 10.1. The summed E-state index contributed by atoms with van der Waals surface area (Å²) >= 11 is 0. The van der Waals surface area contributed by atoms with Crippen molar-refractivity contribution in [3.05, 3.63) is 29.8 Å². The number of hydrogen-bond acceptors (Lipinski definition) is 4. The Labute approximate surface area is 137 Å². The highest BCUT2D eigenvalue weighted by molar-refractivity contribution is 5.78. The Morgan fingerprint density at radius 2 is 2.04 bits per heavy atom. The molecule has 4 rings (SSSR count). The van der Waals surface area contributed by atoms with E-state index in [-0.39, 0.29) is 5.91 Å². The van der Waals surface area contributed by atoms with Crippen molar-refractivity contribution in [1.82, 2.24) is 15.1 Å². The average molecular weight is 315 g/mol. The van der Waals surface area contributed by atoms with Crippen molar-refractivity contribution >= 4 is 5.91 Å². The molecule has 2 atom stereocenters. The average Bonchev–Trinajstić information content (AvgIpc) is 2.76. The molecule has 2 bridgehead atoms. The van der Waals surface area contributed by atoms with Crippen LogP contribution in [0.15, 0.2) is 24.3 Å². The summed E-state index contributed by atoms with van der Waals surface area (Å²) in [5, 5.41) is 3.64. The van der Waals surface area contributed by atoms with E-state index >= 15 is 0 Å². The van der Waals surface area contributed by atoms with Gasteiger partial charge in [0.1, 0.15) is 12.4 Å². The zero-order valence-electron chi connectivity index (χ0n) is 13.5. The van der Waals surface area contributed by atoms with Crippen LogP contribution in [0.4, 0.5) is 0 Å². The smallest absolute Gasteiger partial charge is 0.236 e. The Kier molecular flexibility index (Phi) is 4.23. The topological polar surface area (TPSA) is 44.8 Å². The summed E-state index contributed by atoms with van der Waals surface area (Å²) in [7, 11) is 0. The number of ether oxygens (including phenoxy) is 1. The summed E-state index contributed by atoms with van der Waals surface area (Å²) in [5.74, 6) is 1.22. The fourth-order valence-electron chi connectivity index (χ4n) is 3.98. The van der Waals surface area contributed by atoms with Crippen LogP contribution in [-0.4, -0.2) is 60.6 Å². The molecule has 0 saturated carbocycles. The Morgan fingerprint density at radius 3 is 3.00 bits per heavy atom. The molecule has 0 aliphatic carbocycles. The number of nitrogens with zero attached hydrogens (tertiary/aromatic N) is 2. The summed E-state index contributed by atoms with van der Waals surface area (Å²) in [6, 6.07) is 9.25. The Bertz CT molecular complexity index is 577. The van der Waals surface area contributed by atoms with Gasteiger partial charge in [0.25, 0.3) is 0 Å². The molecular weight excluding hydrogens is 290 g/mol. The largest absolute Gasteiger partial charge is 0.492 e. The molecule has 3 heterocycles. The molecule has 3 aliphatic rings. The van der Waals surface area contributed by atoms with E-state index in [0.29, 0.717) is 25.2 Å². The number of amides is 1. The number of likely N-dealkylation sites (tertiary alicyclic amines) is 1. The number of rotatable bonds is 2. The minimum atomic E-state index is 0.263. The van der Waals surface area contributed by atoms with Crippen LogP contribution in [0.2, 0.25) is 0 Å². The van der Waals surface area contributed by atoms with Gasteiger partial charge in [0.05, 0.1) is 6.54 Å². The van der Waals surface area contributed by atoms with Crippen LogP contribution in [0.3, 0.4) is 0 Å². The lowest BCUT2D eigenvalue weighted by Crippen LogP contribution is -2.44. The molecule has 0 spiro atoms. The van der Waals surface area contributed by atoms with Gasteiger partial charge in [0.2, 0.25) is 5.91 Å². The Hall–Kier alpha value is -1.59. The standard InChI is InChI=1S/C18H25N3O2/c22-18(21-8-7-15-5-6-16(12-21)19-15)13-20-9-10-23-17-4-2-1-3-14(17)11-20/h1-4,15-16,19H,5-13H2/t15-,16+/m1/s1. The van der Waals surface area contributed by atoms with Gasteiger partial charge in [-0.05, 0) is 25.3 Å². The molecule has 0 unspecified atom stereocenters. The van der Waals surface area contributed by atoms with Gasteiger partial charge in [-0.3, -0.25) is 9.69 Å².